The highest BCUT2D eigenvalue weighted by molar-refractivity contribution is 6.26. The van der Waals surface area contributed by atoms with Crippen LogP contribution >= 0.6 is 0 Å². The molecule has 2 saturated heterocycles. The number of Topliss-reactive ketones (excluding diaryl/α,β-unsaturated/α-hetero) is 1. The molecule has 2 aromatic carbocycles. The van der Waals surface area contributed by atoms with Crippen LogP contribution in [0.5, 0.6) is 0 Å². The Balaban J connectivity index is 1.72. The Morgan fingerprint density at radius 2 is 1.73 bits per heavy atom. The molecule has 172 valence electrons. The number of hydrogen-bond acceptors (Lipinski definition) is 4. The first-order valence-electron chi connectivity index (χ1n) is 12.1. The second kappa shape index (κ2) is 7.95. The molecule has 4 heteroatoms. The van der Waals surface area contributed by atoms with Crippen LogP contribution in [-0.2, 0) is 31.9 Å². The number of ether oxygens (including phenoxy) is 2. The van der Waals surface area contributed by atoms with Gasteiger partial charge in [-0.2, -0.15) is 0 Å². The van der Waals surface area contributed by atoms with Gasteiger partial charge >= 0.3 is 5.97 Å². The molecule has 0 aromatic heterocycles. The number of ketones is 1. The maximum absolute atomic E-state index is 13.9. The molecule has 2 fully saturated rings. The number of hydrogen-bond donors (Lipinski definition) is 0. The van der Waals surface area contributed by atoms with Crippen LogP contribution in [0.1, 0.15) is 62.8 Å². The van der Waals surface area contributed by atoms with E-state index in [9.17, 15) is 9.59 Å². The topological polar surface area (TPSA) is 52.6 Å². The van der Waals surface area contributed by atoms with Gasteiger partial charge in [-0.15, -0.1) is 0 Å². The Kier molecular flexibility index (Phi) is 5.32. The summed E-state index contributed by atoms with van der Waals surface area (Å²) in [5.41, 5.74) is 6.93. The number of aryl methyl sites for hydroxylation is 3. The lowest BCUT2D eigenvalue weighted by atomic mass is 9.73. The first kappa shape index (κ1) is 22.1. The van der Waals surface area contributed by atoms with Crippen LogP contribution in [0.25, 0.3) is 16.7 Å². The molecule has 2 heterocycles. The summed E-state index contributed by atoms with van der Waals surface area (Å²) in [6.45, 7) is 9.82. The first-order chi connectivity index (χ1) is 15.8. The maximum Gasteiger partial charge on any atom is 0.307 e. The summed E-state index contributed by atoms with van der Waals surface area (Å²) in [6.07, 6.45) is 3.27. The molecular formula is C29H32O4. The van der Waals surface area contributed by atoms with Crippen LogP contribution in [0, 0.1) is 18.8 Å². The van der Waals surface area contributed by atoms with Crippen LogP contribution in [0.2, 0.25) is 0 Å². The molecule has 2 aromatic rings. The number of allylic oxidation sites excluding steroid dienone is 1. The zero-order valence-corrected chi connectivity index (χ0v) is 20.2. The van der Waals surface area contributed by atoms with Crippen molar-refractivity contribution in [3.63, 3.8) is 0 Å². The normalized spacial score (nSPS) is 27.9. The lowest BCUT2D eigenvalue weighted by Crippen LogP contribution is -2.36. The van der Waals surface area contributed by atoms with Gasteiger partial charge in [-0.05, 0) is 67.3 Å². The number of carbonyl (C=O) groups is 2. The second-order valence-electron chi connectivity index (χ2n) is 9.95. The van der Waals surface area contributed by atoms with Crippen molar-refractivity contribution in [2.75, 3.05) is 0 Å². The van der Waals surface area contributed by atoms with Crippen molar-refractivity contribution in [2.45, 2.75) is 72.0 Å². The maximum atomic E-state index is 13.9. The summed E-state index contributed by atoms with van der Waals surface area (Å²) >= 11 is 0. The second-order valence-corrected chi connectivity index (χ2v) is 9.95. The first-order valence-corrected chi connectivity index (χ1v) is 12.1. The minimum Gasteiger partial charge on any atom is -0.430 e. The predicted molar refractivity (Wildman–Crippen MR) is 129 cm³/mol. The van der Waals surface area contributed by atoms with Crippen LogP contribution < -0.4 is 0 Å². The van der Waals surface area contributed by atoms with E-state index in [1.165, 1.54) is 18.1 Å². The highest BCUT2D eigenvalue weighted by Crippen LogP contribution is 2.60. The van der Waals surface area contributed by atoms with Gasteiger partial charge in [-0.3, -0.25) is 9.59 Å². The molecule has 0 amide bonds. The highest BCUT2D eigenvalue weighted by Gasteiger charge is 2.65. The van der Waals surface area contributed by atoms with Gasteiger partial charge in [-0.1, -0.05) is 55.8 Å². The van der Waals surface area contributed by atoms with Gasteiger partial charge in [-0.25, -0.2) is 0 Å². The van der Waals surface area contributed by atoms with Crippen LogP contribution in [0.15, 0.2) is 42.2 Å². The summed E-state index contributed by atoms with van der Waals surface area (Å²) in [7, 11) is 0. The molecule has 3 aliphatic rings. The molecular weight excluding hydrogens is 412 g/mol. The molecule has 2 aliphatic heterocycles. The number of fused-ring (bicyclic) bond motifs is 5. The third kappa shape index (κ3) is 3.38. The molecule has 5 rings (SSSR count). The Morgan fingerprint density at radius 1 is 1.09 bits per heavy atom. The van der Waals surface area contributed by atoms with Gasteiger partial charge in [0.1, 0.15) is 5.76 Å². The van der Waals surface area contributed by atoms with E-state index in [0.717, 1.165) is 47.9 Å². The number of benzene rings is 2. The van der Waals surface area contributed by atoms with E-state index >= 15 is 0 Å². The van der Waals surface area contributed by atoms with Gasteiger partial charge in [0, 0.05) is 6.92 Å². The Morgan fingerprint density at radius 3 is 2.30 bits per heavy atom. The van der Waals surface area contributed by atoms with Crippen LogP contribution in [0.3, 0.4) is 0 Å². The summed E-state index contributed by atoms with van der Waals surface area (Å²) in [5, 5.41) is 0. The Bertz CT molecular complexity index is 1150. The SMILES string of the molecule is CCc1cc(-c2ccc(C)cc2)cc(CC)c1C1=C(OC(C)=O)[C@H]2[C@@H](C1=O)[C@@H]1CC[C@@]2(C)O1. The van der Waals surface area contributed by atoms with Crippen molar-refractivity contribution < 1.29 is 19.1 Å². The average Bonchev–Trinajstić information content (AvgIpc) is 3.41. The lowest BCUT2D eigenvalue weighted by Gasteiger charge is -2.29. The zero-order chi connectivity index (χ0) is 23.5. The van der Waals surface area contributed by atoms with Gasteiger partial charge in [0.2, 0.25) is 0 Å². The average molecular weight is 445 g/mol. The molecule has 0 radical (unpaired) electrons. The third-order valence-electron chi connectivity index (χ3n) is 7.79. The summed E-state index contributed by atoms with van der Waals surface area (Å²) < 4.78 is 12.1. The molecule has 4 nitrogen and oxygen atoms in total. The van der Waals surface area contributed by atoms with E-state index in [2.05, 4.69) is 64.1 Å². The van der Waals surface area contributed by atoms with Crippen molar-refractivity contribution >= 4 is 17.3 Å². The van der Waals surface area contributed by atoms with Gasteiger partial charge in [0.15, 0.2) is 5.78 Å². The van der Waals surface area contributed by atoms with Crippen LogP contribution in [-0.4, -0.2) is 23.5 Å². The Labute approximate surface area is 196 Å². The molecule has 33 heavy (non-hydrogen) atoms. The molecule has 1 aliphatic carbocycles. The summed E-state index contributed by atoms with van der Waals surface area (Å²) in [6, 6.07) is 12.9. The fourth-order valence-electron chi connectivity index (χ4n) is 6.25. The van der Waals surface area contributed by atoms with Crippen molar-refractivity contribution in [3.8, 4) is 11.1 Å². The molecule has 4 atom stereocenters. The largest absolute Gasteiger partial charge is 0.430 e. The fraction of sp³-hybridized carbons (Fsp3) is 0.448. The van der Waals surface area contributed by atoms with E-state index < -0.39 is 5.60 Å². The summed E-state index contributed by atoms with van der Waals surface area (Å²) in [5.74, 6) is -0.199. The Hall–Kier alpha value is -2.72. The van der Waals surface area contributed by atoms with E-state index in [0.29, 0.717) is 11.3 Å². The van der Waals surface area contributed by atoms with E-state index in [1.54, 1.807) is 0 Å². The molecule has 2 bridgehead atoms. The quantitative estimate of drug-likeness (QED) is 0.545. The number of rotatable bonds is 5. The lowest BCUT2D eigenvalue weighted by molar-refractivity contribution is -0.138. The fourth-order valence-corrected chi connectivity index (χ4v) is 6.25. The molecule has 0 unspecified atom stereocenters. The molecule has 0 spiro atoms. The summed E-state index contributed by atoms with van der Waals surface area (Å²) in [4.78, 5) is 26.1. The smallest absolute Gasteiger partial charge is 0.307 e. The zero-order valence-electron chi connectivity index (χ0n) is 20.2. The standard InChI is InChI=1S/C29H32O4/c1-6-18-14-21(20-10-8-16(3)9-11-20)15-19(7-2)23(18)25-27(31)24-22-12-13-29(5,33-22)26(24)28(25)32-17(4)30/h8-11,14-15,22,24,26H,6-7,12-13H2,1-5H3/t22-,24-,26+,29+/m0/s1. The number of esters is 1. The molecule has 0 N–H and O–H groups in total. The van der Waals surface area contributed by atoms with E-state index in [-0.39, 0.29) is 29.7 Å². The van der Waals surface area contributed by atoms with Crippen molar-refractivity contribution in [1.29, 1.82) is 0 Å². The molecule has 0 saturated carbocycles. The number of carbonyl (C=O) groups excluding carboxylic acids is 2. The van der Waals surface area contributed by atoms with Gasteiger partial charge in [0.25, 0.3) is 0 Å². The van der Waals surface area contributed by atoms with Crippen molar-refractivity contribution in [2.24, 2.45) is 11.8 Å². The van der Waals surface area contributed by atoms with E-state index in [4.69, 9.17) is 9.47 Å². The third-order valence-corrected chi connectivity index (χ3v) is 7.79. The van der Waals surface area contributed by atoms with Crippen molar-refractivity contribution in [3.05, 3.63) is 64.4 Å². The van der Waals surface area contributed by atoms with Crippen LogP contribution in [0.4, 0.5) is 0 Å². The van der Waals surface area contributed by atoms with E-state index in [1.807, 2.05) is 0 Å². The van der Waals surface area contributed by atoms with Crippen molar-refractivity contribution in [1.82, 2.24) is 0 Å². The minimum atomic E-state index is -0.446. The van der Waals surface area contributed by atoms with Gasteiger partial charge < -0.3 is 9.47 Å². The monoisotopic (exact) mass is 444 g/mol. The highest BCUT2D eigenvalue weighted by atomic mass is 16.6. The predicted octanol–water partition coefficient (Wildman–Crippen LogP) is 5.83. The van der Waals surface area contributed by atoms with Gasteiger partial charge in [0.05, 0.1) is 29.1 Å². The minimum absolute atomic E-state index is 0.0807.